The largest absolute Gasteiger partial charge is 0.339 e. The molecule has 1 aliphatic rings. The van der Waals surface area contributed by atoms with E-state index in [1.165, 1.54) is 0 Å². The Bertz CT molecular complexity index is 647. The summed E-state index contributed by atoms with van der Waals surface area (Å²) in [4.78, 5) is 14.4. The molecule has 6 heteroatoms. The molecule has 0 N–H and O–H groups in total. The summed E-state index contributed by atoms with van der Waals surface area (Å²) in [6.45, 7) is 1.53. The van der Waals surface area contributed by atoms with Crippen LogP contribution in [0.3, 0.4) is 0 Å². The van der Waals surface area contributed by atoms with E-state index >= 15 is 0 Å². The molecular formula is C15H17BrN4O. The average Bonchev–Trinajstić information content (AvgIpc) is 2.93. The first kappa shape index (κ1) is 14.3. The Balaban J connectivity index is 1.66. The van der Waals surface area contributed by atoms with Gasteiger partial charge in [-0.05, 0) is 31.0 Å². The summed E-state index contributed by atoms with van der Waals surface area (Å²) in [6.07, 6.45) is 3.60. The number of carbonyl (C=O) groups is 1. The second-order valence-corrected chi connectivity index (χ2v) is 6.29. The molecule has 110 valence electrons. The van der Waals surface area contributed by atoms with Crippen LogP contribution in [0.5, 0.6) is 0 Å². The topological polar surface area (TPSA) is 51.0 Å². The summed E-state index contributed by atoms with van der Waals surface area (Å²) >= 11 is 3.41. The highest BCUT2D eigenvalue weighted by molar-refractivity contribution is 9.10. The first-order valence-corrected chi connectivity index (χ1v) is 7.83. The smallest absolute Gasteiger partial charge is 0.253 e. The highest BCUT2D eigenvalue weighted by Gasteiger charge is 2.26. The zero-order chi connectivity index (χ0) is 14.8. The summed E-state index contributed by atoms with van der Waals surface area (Å²) < 4.78 is 2.90. The number of likely N-dealkylation sites (tertiary alicyclic amines) is 1. The van der Waals surface area contributed by atoms with E-state index in [4.69, 9.17) is 0 Å². The number of benzene rings is 1. The van der Waals surface area contributed by atoms with Crippen LogP contribution >= 0.6 is 15.9 Å². The summed E-state index contributed by atoms with van der Waals surface area (Å²) in [5.41, 5.74) is 0.737. The van der Waals surface area contributed by atoms with Gasteiger partial charge in [0, 0.05) is 36.1 Å². The number of carbonyl (C=O) groups excluding carboxylic acids is 1. The molecule has 0 aliphatic carbocycles. The minimum Gasteiger partial charge on any atom is -0.339 e. The van der Waals surface area contributed by atoms with E-state index in [0.717, 1.165) is 41.8 Å². The Hall–Kier alpha value is -1.69. The lowest BCUT2D eigenvalue weighted by Gasteiger charge is -2.31. The quantitative estimate of drug-likeness (QED) is 0.838. The molecule has 1 aromatic heterocycles. The van der Waals surface area contributed by atoms with E-state index in [0.29, 0.717) is 5.92 Å². The van der Waals surface area contributed by atoms with Crippen LogP contribution in [0.15, 0.2) is 35.1 Å². The Morgan fingerprint density at radius 3 is 2.71 bits per heavy atom. The number of rotatable bonds is 2. The molecule has 0 atom stereocenters. The lowest BCUT2D eigenvalue weighted by atomic mass is 9.95. The maximum absolute atomic E-state index is 12.5. The van der Waals surface area contributed by atoms with Gasteiger partial charge >= 0.3 is 0 Å². The van der Waals surface area contributed by atoms with Crippen molar-refractivity contribution in [1.29, 1.82) is 0 Å². The third-order valence-electron chi connectivity index (χ3n) is 3.97. The second-order valence-electron chi connectivity index (χ2n) is 5.38. The van der Waals surface area contributed by atoms with Gasteiger partial charge < -0.3 is 9.47 Å². The number of piperidine rings is 1. The number of amides is 1. The van der Waals surface area contributed by atoms with Crippen molar-refractivity contribution < 1.29 is 4.79 Å². The molecule has 1 aliphatic heterocycles. The number of hydrogen-bond acceptors (Lipinski definition) is 3. The SMILES string of the molecule is Cn1cnnc1C1CCN(C(=O)c2cccc(Br)c2)CC1. The molecule has 1 saturated heterocycles. The fourth-order valence-corrected chi connectivity index (χ4v) is 3.21. The van der Waals surface area contributed by atoms with Crippen LogP contribution in [0.4, 0.5) is 0 Å². The minimum atomic E-state index is 0.104. The van der Waals surface area contributed by atoms with E-state index in [2.05, 4.69) is 26.1 Å². The normalized spacial score (nSPS) is 16.2. The fourth-order valence-electron chi connectivity index (χ4n) is 2.81. The Morgan fingerprint density at radius 2 is 2.10 bits per heavy atom. The third-order valence-corrected chi connectivity index (χ3v) is 4.46. The van der Waals surface area contributed by atoms with Crippen molar-refractivity contribution in [3.63, 3.8) is 0 Å². The van der Waals surface area contributed by atoms with Crippen LogP contribution in [0.2, 0.25) is 0 Å². The highest BCUT2D eigenvalue weighted by Crippen LogP contribution is 2.27. The lowest BCUT2D eigenvalue weighted by Crippen LogP contribution is -2.38. The number of halogens is 1. The summed E-state index contributed by atoms with van der Waals surface area (Å²) in [5.74, 6) is 1.52. The van der Waals surface area contributed by atoms with Gasteiger partial charge in [-0.1, -0.05) is 22.0 Å². The Labute approximate surface area is 132 Å². The average molecular weight is 349 g/mol. The number of hydrogen-bond donors (Lipinski definition) is 0. The van der Waals surface area contributed by atoms with Gasteiger partial charge in [-0.2, -0.15) is 0 Å². The van der Waals surface area contributed by atoms with E-state index in [1.807, 2.05) is 40.8 Å². The number of aryl methyl sites for hydroxylation is 1. The molecule has 2 heterocycles. The minimum absolute atomic E-state index is 0.104. The van der Waals surface area contributed by atoms with Crippen LogP contribution in [0.1, 0.15) is 34.9 Å². The van der Waals surface area contributed by atoms with Crippen molar-refractivity contribution >= 4 is 21.8 Å². The van der Waals surface area contributed by atoms with E-state index < -0.39 is 0 Å². The van der Waals surface area contributed by atoms with Crippen molar-refractivity contribution in [2.24, 2.45) is 7.05 Å². The van der Waals surface area contributed by atoms with Gasteiger partial charge in [0.1, 0.15) is 12.2 Å². The lowest BCUT2D eigenvalue weighted by molar-refractivity contribution is 0.0710. The van der Waals surface area contributed by atoms with Crippen molar-refractivity contribution in [3.8, 4) is 0 Å². The molecule has 0 unspecified atom stereocenters. The zero-order valence-corrected chi connectivity index (χ0v) is 13.5. The maximum Gasteiger partial charge on any atom is 0.253 e. The van der Waals surface area contributed by atoms with Gasteiger partial charge in [0.05, 0.1) is 0 Å². The van der Waals surface area contributed by atoms with Gasteiger partial charge in [-0.15, -0.1) is 10.2 Å². The first-order valence-electron chi connectivity index (χ1n) is 7.04. The van der Waals surface area contributed by atoms with Crippen molar-refractivity contribution in [1.82, 2.24) is 19.7 Å². The van der Waals surface area contributed by atoms with Crippen molar-refractivity contribution in [3.05, 3.63) is 46.5 Å². The molecule has 2 aromatic rings. The van der Waals surface area contributed by atoms with Crippen LogP contribution in [-0.4, -0.2) is 38.7 Å². The maximum atomic E-state index is 12.5. The summed E-state index contributed by atoms with van der Waals surface area (Å²) in [6, 6.07) is 7.56. The highest BCUT2D eigenvalue weighted by atomic mass is 79.9. The molecule has 0 bridgehead atoms. The molecule has 1 fully saturated rings. The molecular weight excluding hydrogens is 332 g/mol. The van der Waals surface area contributed by atoms with Gasteiger partial charge in [-0.25, -0.2) is 0 Å². The van der Waals surface area contributed by atoms with Gasteiger partial charge in [0.15, 0.2) is 0 Å². The Morgan fingerprint density at radius 1 is 1.33 bits per heavy atom. The van der Waals surface area contributed by atoms with E-state index in [1.54, 1.807) is 6.33 Å². The van der Waals surface area contributed by atoms with Crippen LogP contribution in [0, 0.1) is 0 Å². The predicted octanol–water partition coefficient (Wildman–Crippen LogP) is 2.60. The van der Waals surface area contributed by atoms with Crippen molar-refractivity contribution in [2.75, 3.05) is 13.1 Å². The summed E-state index contributed by atoms with van der Waals surface area (Å²) in [7, 11) is 1.97. The molecule has 21 heavy (non-hydrogen) atoms. The predicted molar refractivity (Wildman–Crippen MR) is 83.0 cm³/mol. The van der Waals surface area contributed by atoms with Gasteiger partial charge in [0.2, 0.25) is 0 Å². The van der Waals surface area contributed by atoms with Gasteiger partial charge in [-0.3, -0.25) is 4.79 Å². The second kappa shape index (κ2) is 5.97. The summed E-state index contributed by atoms with van der Waals surface area (Å²) in [5, 5.41) is 8.12. The van der Waals surface area contributed by atoms with E-state index in [-0.39, 0.29) is 5.91 Å². The molecule has 3 rings (SSSR count). The monoisotopic (exact) mass is 348 g/mol. The number of aromatic nitrogens is 3. The molecule has 1 amide bonds. The van der Waals surface area contributed by atoms with Crippen LogP contribution < -0.4 is 0 Å². The standard InChI is InChI=1S/C15H17BrN4O/c1-19-10-17-18-14(19)11-5-7-20(8-6-11)15(21)12-3-2-4-13(16)9-12/h2-4,9-11H,5-8H2,1H3. The zero-order valence-electron chi connectivity index (χ0n) is 11.9. The van der Waals surface area contributed by atoms with Crippen LogP contribution in [0.25, 0.3) is 0 Å². The van der Waals surface area contributed by atoms with E-state index in [9.17, 15) is 4.79 Å². The van der Waals surface area contributed by atoms with Gasteiger partial charge in [0.25, 0.3) is 5.91 Å². The molecule has 5 nitrogen and oxygen atoms in total. The fraction of sp³-hybridized carbons (Fsp3) is 0.400. The molecule has 1 aromatic carbocycles. The first-order chi connectivity index (χ1) is 10.1. The third kappa shape index (κ3) is 3.00. The molecule has 0 radical (unpaired) electrons. The van der Waals surface area contributed by atoms with Crippen molar-refractivity contribution in [2.45, 2.75) is 18.8 Å². The van der Waals surface area contributed by atoms with Crippen LogP contribution in [-0.2, 0) is 7.05 Å². The molecule has 0 spiro atoms. The number of nitrogens with zero attached hydrogens (tertiary/aromatic N) is 4. The Kier molecular flexibility index (Phi) is 4.05. The molecule has 0 saturated carbocycles.